The molecule has 1 rings (SSSR count). The zero-order valence-electron chi connectivity index (χ0n) is 12.5. The van der Waals surface area contributed by atoms with E-state index in [0.29, 0.717) is 18.6 Å². The number of likely N-dealkylation sites (N-methyl/N-ethyl adjacent to an activating group) is 2. The maximum absolute atomic E-state index is 12.4. The molecule has 0 aromatic rings. The number of hydrogen-bond donors (Lipinski definition) is 1. The fourth-order valence-electron chi connectivity index (χ4n) is 2.36. The second kappa shape index (κ2) is 6.53. The van der Waals surface area contributed by atoms with Gasteiger partial charge in [0.05, 0.1) is 6.61 Å². The molecule has 0 heterocycles. The molecule has 4 nitrogen and oxygen atoms in total. The molecule has 1 unspecified atom stereocenters. The van der Waals surface area contributed by atoms with Gasteiger partial charge < -0.3 is 15.0 Å². The molecule has 18 heavy (non-hydrogen) atoms. The standard InChI is InChI=1S/C14H28N2O2/c1-6-15-14(12-8-9-12,13(17)18-7-2)10-16(5)11(3)4/h11-12,15H,6-10H2,1-5H3. The molecule has 1 aliphatic carbocycles. The Balaban J connectivity index is 2.86. The van der Waals surface area contributed by atoms with E-state index in [4.69, 9.17) is 4.74 Å². The summed E-state index contributed by atoms with van der Waals surface area (Å²) in [4.78, 5) is 14.6. The van der Waals surface area contributed by atoms with E-state index in [2.05, 4.69) is 31.1 Å². The van der Waals surface area contributed by atoms with Crippen LogP contribution in [0.3, 0.4) is 0 Å². The summed E-state index contributed by atoms with van der Waals surface area (Å²) in [6, 6.07) is 0.427. The summed E-state index contributed by atoms with van der Waals surface area (Å²) in [5, 5.41) is 3.41. The number of ether oxygens (including phenoxy) is 1. The number of carbonyl (C=O) groups excluding carboxylic acids is 1. The second-order valence-electron chi connectivity index (χ2n) is 5.51. The highest BCUT2D eigenvalue weighted by atomic mass is 16.5. The summed E-state index contributed by atoms with van der Waals surface area (Å²) in [7, 11) is 2.07. The molecule has 106 valence electrons. The van der Waals surface area contributed by atoms with Crippen LogP contribution in [-0.4, -0.2) is 49.2 Å². The maximum atomic E-state index is 12.4. The minimum atomic E-state index is -0.510. The number of nitrogens with one attached hydrogen (secondary N) is 1. The molecule has 1 aliphatic rings. The van der Waals surface area contributed by atoms with Gasteiger partial charge in [0.25, 0.3) is 0 Å². The van der Waals surface area contributed by atoms with Gasteiger partial charge in [-0.3, -0.25) is 0 Å². The average molecular weight is 256 g/mol. The Hall–Kier alpha value is -0.610. The van der Waals surface area contributed by atoms with Crippen molar-refractivity contribution in [3.8, 4) is 0 Å². The van der Waals surface area contributed by atoms with Crippen molar-refractivity contribution in [2.75, 3.05) is 26.7 Å². The number of nitrogens with zero attached hydrogens (tertiary/aromatic N) is 1. The summed E-state index contributed by atoms with van der Waals surface area (Å²) in [6.07, 6.45) is 2.25. The molecule has 0 spiro atoms. The van der Waals surface area contributed by atoms with Gasteiger partial charge in [-0.05, 0) is 53.1 Å². The van der Waals surface area contributed by atoms with Crippen molar-refractivity contribution in [3.05, 3.63) is 0 Å². The van der Waals surface area contributed by atoms with Crippen LogP contribution in [0.1, 0.15) is 40.5 Å². The lowest BCUT2D eigenvalue weighted by atomic mass is 9.91. The van der Waals surface area contributed by atoms with E-state index in [1.807, 2.05) is 13.8 Å². The molecule has 0 radical (unpaired) electrons. The summed E-state index contributed by atoms with van der Waals surface area (Å²) in [5.74, 6) is 0.347. The number of rotatable bonds is 8. The van der Waals surface area contributed by atoms with Gasteiger partial charge in [0.1, 0.15) is 5.54 Å². The minimum absolute atomic E-state index is 0.0816. The van der Waals surface area contributed by atoms with E-state index in [9.17, 15) is 4.79 Å². The number of hydrogen-bond acceptors (Lipinski definition) is 4. The predicted octanol–water partition coefficient (Wildman–Crippen LogP) is 1.65. The fraction of sp³-hybridized carbons (Fsp3) is 0.929. The zero-order chi connectivity index (χ0) is 13.8. The van der Waals surface area contributed by atoms with E-state index >= 15 is 0 Å². The molecule has 1 saturated carbocycles. The lowest BCUT2D eigenvalue weighted by molar-refractivity contribution is -0.153. The van der Waals surface area contributed by atoms with Crippen molar-refractivity contribution < 1.29 is 9.53 Å². The Labute approximate surface area is 111 Å². The van der Waals surface area contributed by atoms with Gasteiger partial charge in [-0.1, -0.05) is 6.92 Å². The van der Waals surface area contributed by atoms with Crippen molar-refractivity contribution in [2.24, 2.45) is 5.92 Å². The van der Waals surface area contributed by atoms with Gasteiger partial charge in [0, 0.05) is 12.6 Å². The van der Waals surface area contributed by atoms with E-state index in [0.717, 1.165) is 25.9 Å². The lowest BCUT2D eigenvalue weighted by Crippen LogP contribution is -2.61. The van der Waals surface area contributed by atoms with Gasteiger partial charge in [0.15, 0.2) is 0 Å². The summed E-state index contributed by atoms with van der Waals surface area (Å²) < 4.78 is 5.31. The number of carbonyl (C=O) groups is 1. The molecule has 0 aromatic carbocycles. The van der Waals surface area contributed by atoms with Crippen LogP contribution in [0.2, 0.25) is 0 Å². The summed E-state index contributed by atoms with van der Waals surface area (Å²) in [6.45, 7) is 10.2. The highest BCUT2D eigenvalue weighted by Gasteiger charge is 2.52. The molecule has 0 bridgehead atoms. The van der Waals surface area contributed by atoms with Crippen LogP contribution in [0.4, 0.5) is 0 Å². The third-order valence-electron chi connectivity index (χ3n) is 3.79. The SMILES string of the molecule is CCNC(CN(C)C(C)C)(C(=O)OCC)C1CC1. The Morgan fingerprint density at radius 1 is 1.44 bits per heavy atom. The Morgan fingerprint density at radius 2 is 2.06 bits per heavy atom. The lowest BCUT2D eigenvalue weighted by Gasteiger charge is -2.37. The third-order valence-corrected chi connectivity index (χ3v) is 3.79. The van der Waals surface area contributed by atoms with Crippen LogP contribution < -0.4 is 5.32 Å². The maximum Gasteiger partial charge on any atom is 0.327 e. The molecule has 1 atom stereocenters. The van der Waals surface area contributed by atoms with Crippen LogP contribution in [0.15, 0.2) is 0 Å². The Bertz CT molecular complexity index is 277. The van der Waals surface area contributed by atoms with Gasteiger partial charge in [-0.25, -0.2) is 4.79 Å². The Kier molecular flexibility index (Phi) is 5.60. The average Bonchev–Trinajstić information content (AvgIpc) is 3.12. The molecule has 0 aliphatic heterocycles. The van der Waals surface area contributed by atoms with Crippen molar-refractivity contribution >= 4 is 5.97 Å². The molecule has 0 aromatic heterocycles. The molecule has 0 saturated heterocycles. The molecule has 1 fully saturated rings. The zero-order valence-corrected chi connectivity index (χ0v) is 12.5. The quantitative estimate of drug-likeness (QED) is 0.671. The van der Waals surface area contributed by atoms with Gasteiger partial charge >= 0.3 is 5.97 Å². The fourth-order valence-corrected chi connectivity index (χ4v) is 2.36. The first kappa shape index (κ1) is 15.4. The number of esters is 1. The first-order valence-electron chi connectivity index (χ1n) is 7.10. The normalized spacial score (nSPS) is 19.1. The van der Waals surface area contributed by atoms with Crippen LogP contribution >= 0.6 is 0 Å². The monoisotopic (exact) mass is 256 g/mol. The van der Waals surface area contributed by atoms with Gasteiger partial charge in [-0.2, -0.15) is 0 Å². The van der Waals surface area contributed by atoms with Crippen LogP contribution in [0, 0.1) is 5.92 Å². The van der Waals surface area contributed by atoms with Crippen LogP contribution in [-0.2, 0) is 9.53 Å². The van der Waals surface area contributed by atoms with E-state index in [-0.39, 0.29) is 5.97 Å². The van der Waals surface area contributed by atoms with Crippen molar-refractivity contribution in [2.45, 2.75) is 52.1 Å². The largest absolute Gasteiger partial charge is 0.465 e. The molecule has 4 heteroatoms. The van der Waals surface area contributed by atoms with Gasteiger partial charge in [-0.15, -0.1) is 0 Å². The van der Waals surface area contributed by atoms with Crippen molar-refractivity contribution in [1.29, 1.82) is 0 Å². The first-order chi connectivity index (χ1) is 8.47. The predicted molar refractivity (Wildman–Crippen MR) is 73.5 cm³/mol. The Morgan fingerprint density at radius 3 is 2.44 bits per heavy atom. The smallest absolute Gasteiger partial charge is 0.327 e. The van der Waals surface area contributed by atoms with E-state index in [1.165, 1.54) is 0 Å². The summed E-state index contributed by atoms with van der Waals surface area (Å²) >= 11 is 0. The highest BCUT2D eigenvalue weighted by molar-refractivity contribution is 5.82. The molecule has 0 amide bonds. The highest BCUT2D eigenvalue weighted by Crippen LogP contribution is 2.41. The summed E-state index contributed by atoms with van der Waals surface area (Å²) in [5.41, 5.74) is -0.510. The minimum Gasteiger partial charge on any atom is -0.465 e. The second-order valence-corrected chi connectivity index (χ2v) is 5.51. The first-order valence-corrected chi connectivity index (χ1v) is 7.10. The van der Waals surface area contributed by atoms with Crippen LogP contribution in [0.25, 0.3) is 0 Å². The topological polar surface area (TPSA) is 41.6 Å². The molecular weight excluding hydrogens is 228 g/mol. The molecular formula is C14H28N2O2. The van der Waals surface area contributed by atoms with Crippen molar-refractivity contribution in [3.63, 3.8) is 0 Å². The van der Waals surface area contributed by atoms with Gasteiger partial charge in [0.2, 0.25) is 0 Å². The molecule has 1 N–H and O–H groups in total. The van der Waals surface area contributed by atoms with Crippen molar-refractivity contribution in [1.82, 2.24) is 10.2 Å². The van der Waals surface area contributed by atoms with E-state index in [1.54, 1.807) is 0 Å². The third kappa shape index (κ3) is 3.45. The van der Waals surface area contributed by atoms with E-state index < -0.39 is 5.54 Å². The van der Waals surface area contributed by atoms with Crippen LogP contribution in [0.5, 0.6) is 0 Å².